The smallest absolute Gasteiger partial charge is 0.338 e. The standard InChI is InChI=1S/C26H36O4/c1-18(2)24(19(3)4)30-26(28)25(29-17-22-14-10-7-11-15-22)23(27)20(5)16-21-12-8-6-9-13-21/h6-15,18-20,23-25,27H,16-17H2,1-5H3/t20?,23-,25-/m0/s1. The lowest BCUT2D eigenvalue weighted by atomic mass is 9.92. The second kappa shape index (κ2) is 11.9. The Morgan fingerprint density at radius 1 is 0.833 bits per heavy atom. The Labute approximate surface area is 181 Å². The summed E-state index contributed by atoms with van der Waals surface area (Å²) >= 11 is 0. The van der Waals surface area contributed by atoms with Crippen LogP contribution < -0.4 is 0 Å². The van der Waals surface area contributed by atoms with Crippen molar-refractivity contribution in [2.45, 2.75) is 66.0 Å². The van der Waals surface area contributed by atoms with E-state index in [0.717, 1.165) is 11.1 Å². The maximum absolute atomic E-state index is 13.1. The molecule has 4 heteroatoms. The van der Waals surface area contributed by atoms with E-state index in [4.69, 9.17) is 9.47 Å². The fraction of sp³-hybridized carbons (Fsp3) is 0.500. The van der Waals surface area contributed by atoms with Gasteiger partial charge in [0.2, 0.25) is 0 Å². The van der Waals surface area contributed by atoms with Gasteiger partial charge in [-0.2, -0.15) is 0 Å². The van der Waals surface area contributed by atoms with Crippen LogP contribution >= 0.6 is 0 Å². The highest BCUT2D eigenvalue weighted by Crippen LogP contribution is 2.22. The molecule has 0 amide bonds. The van der Waals surface area contributed by atoms with E-state index in [9.17, 15) is 9.90 Å². The number of rotatable bonds is 11. The molecule has 0 radical (unpaired) electrons. The van der Waals surface area contributed by atoms with Gasteiger partial charge in [0.15, 0.2) is 6.10 Å². The van der Waals surface area contributed by atoms with Crippen molar-refractivity contribution in [1.82, 2.24) is 0 Å². The van der Waals surface area contributed by atoms with E-state index in [-0.39, 0.29) is 30.5 Å². The molecule has 0 aliphatic carbocycles. The van der Waals surface area contributed by atoms with Crippen molar-refractivity contribution in [2.24, 2.45) is 17.8 Å². The van der Waals surface area contributed by atoms with Gasteiger partial charge in [-0.25, -0.2) is 4.79 Å². The molecule has 0 bridgehead atoms. The molecule has 0 aliphatic rings. The third-order valence-corrected chi connectivity index (χ3v) is 5.36. The fourth-order valence-electron chi connectivity index (χ4n) is 3.71. The van der Waals surface area contributed by atoms with E-state index in [0.29, 0.717) is 6.42 Å². The molecule has 0 aliphatic heterocycles. The van der Waals surface area contributed by atoms with Crippen LogP contribution in [0.4, 0.5) is 0 Å². The Morgan fingerprint density at radius 3 is 1.83 bits per heavy atom. The quantitative estimate of drug-likeness (QED) is 0.526. The summed E-state index contributed by atoms with van der Waals surface area (Å²) in [7, 11) is 0. The summed E-state index contributed by atoms with van der Waals surface area (Å²) in [4.78, 5) is 13.1. The zero-order valence-corrected chi connectivity index (χ0v) is 18.8. The Bertz CT molecular complexity index is 734. The summed E-state index contributed by atoms with van der Waals surface area (Å²) in [6, 6.07) is 19.6. The number of aliphatic hydroxyl groups is 1. The highest BCUT2D eigenvalue weighted by Gasteiger charge is 2.35. The lowest BCUT2D eigenvalue weighted by molar-refractivity contribution is -0.179. The lowest BCUT2D eigenvalue weighted by Gasteiger charge is -2.31. The second-order valence-corrected chi connectivity index (χ2v) is 8.76. The fourth-order valence-corrected chi connectivity index (χ4v) is 3.71. The molecular weight excluding hydrogens is 376 g/mol. The molecule has 3 atom stereocenters. The predicted octanol–water partition coefficient (Wildman–Crippen LogP) is 5.04. The van der Waals surface area contributed by atoms with Crippen molar-refractivity contribution < 1.29 is 19.4 Å². The van der Waals surface area contributed by atoms with Crippen molar-refractivity contribution in [1.29, 1.82) is 0 Å². The summed E-state index contributed by atoms with van der Waals surface area (Å²) < 4.78 is 11.8. The Balaban J connectivity index is 2.14. The van der Waals surface area contributed by atoms with Gasteiger partial charge < -0.3 is 14.6 Å². The number of hydrogen-bond donors (Lipinski definition) is 1. The lowest BCUT2D eigenvalue weighted by Crippen LogP contribution is -2.44. The van der Waals surface area contributed by atoms with E-state index in [1.54, 1.807) is 0 Å². The predicted molar refractivity (Wildman–Crippen MR) is 120 cm³/mol. The first-order valence-corrected chi connectivity index (χ1v) is 10.9. The van der Waals surface area contributed by atoms with Gasteiger partial charge in [0.05, 0.1) is 12.7 Å². The third-order valence-electron chi connectivity index (χ3n) is 5.36. The molecule has 30 heavy (non-hydrogen) atoms. The van der Waals surface area contributed by atoms with Gasteiger partial charge in [-0.15, -0.1) is 0 Å². The van der Waals surface area contributed by atoms with Crippen molar-refractivity contribution >= 4 is 5.97 Å². The van der Waals surface area contributed by atoms with Crippen molar-refractivity contribution in [2.75, 3.05) is 0 Å². The maximum atomic E-state index is 13.1. The molecule has 2 aromatic carbocycles. The first-order valence-electron chi connectivity index (χ1n) is 10.9. The highest BCUT2D eigenvalue weighted by atomic mass is 16.6. The van der Waals surface area contributed by atoms with E-state index >= 15 is 0 Å². The minimum absolute atomic E-state index is 0.169. The van der Waals surface area contributed by atoms with Crippen LogP contribution in [0.1, 0.15) is 45.7 Å². The molecule has 0 heterocycles. The van der Waals surface area contributed by atoms with Gasteiger partial charge in [0.1, 0.15) is 6.10 Å². The van der Waals surface area contributed by atoms with Gasteiger partial charge in [-0.1, -0.05) is 95.3 Å². The first-order chi connectivity index (χ1) is 14.3. The molecule has 2 rings (SSSR count). The van der Waals surface area contributed by atoms with E-state index in [1.165, 1.54) is 0 Å². The average molecular weight is 413 g/mol. The molecule has 0 aromatic heterocycles. The second-order valence-electron chi connectivity index (χ2n) is 8.76. The van der Waals surface area contributed by atoms with Crippen LogP contribution in [0.3, 0.4) is 0 Å². The van der Waals surface area contributed by atoms with Crippen molar-refractivity contribution in [3.63, 3.8) is 0 Å². The largest absolute Gasteiger partial charge is 0.460 e. The Kier molecular flexibility index (Phi) is 9.54. The maximum Gasteiger partial charge on any atom is 0.338 e. The van der Waals surface area contributed by atoms with Crippen LogP contribution in [0.5, 0.6) is 0 Å². The molecule has 164 valence electrons. The van der Waals surface area contributed by atoms with Crippen LogP contribution in [-0.4, -0.2) is 29.4 Å². The summed E-state index contributed by atoms with van der Waals surface area (Å²) in [6.45, 7) is 10.3. The van der Waals surface area contributed by atoms with Crippen molar-refractivity contribution in [3.05, 3.63) is 71.8 Å². The van der Waals surface area contributed by atoms with Gasteiger partial charge in [0.25, 0.3) is 0 Å². The van der Waals surface area contributed by atoms with E-state index < -0.39 is 18.2 Å². The zero-order chi connectivity index (χ0) is 22.1. The number of carbonyl (C=O) groups excluding carboxylic acids is 1. The molecule has 1 unspecified atom stereocenters. The summed E-state index contributed by atoms with van der Waals surface area (Å²) in [5.74, 6) is -0.298. The van der Waals surface area contributed by atoms with Crippen LogP contribution in [0, 0.1) is 17.8 Å². The SMILES string of the molecule is CC(C)C(OC(=O)[C@@H](OCc1ccccc1)[C@@H](O)C(C)Cc1ccccc1)C(C)C. The first kappa shape index (κ1) is 24.1. The highest BCUT2D eigenvalue weighted by molar-refractivity contribution is 5.75. The summed E-state index contributed by atoms with van der Waals surface area (Å²) in [5.41, 5.74) is 2.06. The van der Waals surface area contributed by atoms with Gasteiger partial charge >= 0.3 is 5.97 Å². The molecule has 0 saturated heterocycles. The topological polar surface area (TPSA) is 55.8 Å². The van der Waals surface area contributed by atoms with E-state index in [1.807, 2.05) is 95.3 Å². The average Bonchev–Trinajstić information content (AvgIpc) is 2.73. The van der Waals surface area contributed by atoms with E-state index in [2.05, 4.69) is 0 Å². The number of ether oxygens (including phenoxy) is 2. The minimum Gasteiger partial charge on any atom is -0.460 e. The molecule has 2 aromatic rings. The number of esters is 1. The normalized spacial score (nSPS) is 14.7. The van der Waals surface area contributed by atoms with Gasteiger partial charge in [0, 0.05) is 0 Å². The van der Waals surface area contributed by atoms with Gasteiger partial charge in [-0.3, -0.25) is 0 Å². The Morgan fingerprint density at radius 2 is 1.33 bits per heavy atom. The molecule has 0 fully saturated rings. The van der Waals surface area contributed by atoms with Crippen molar-refractivity contribution in [3.8, 4) is 0 Å². The number of carbonyl (C=O) groups is 1. The zero-order valence-electron chi connectivity index (χ0n) is 18.8. The molecule has 0 spiro atoms. The van der Waals surface area contributed by atoms with Crippen LogP contribution in [0.15, 0.2) is 60.7 Å². The van der Waals surface area contributed by atoms with Crippen LogP contribution in [0.2, 0.25) is 0 Å². The number of hydrogen-bond acceptors (Lipinski definition) is 4. The monoisotopic (exact) mass is 412 g/mol. The number of aliphatic hydroxyl groups excluding tert-OH is 1. The van der Waals surface area contributed by atoms with Gasteiger partial charge in [-0.05, 0) is 35.3 Å². The number of benzene rings is 2. The van der Waals surface area contributed by atoms with Crippen LogP contribution in [0.25, 0.3) is 0 Å². The molecule has 0 saturated carbocycles. The minimum atomic E-state index is -1.04. The Hall–Kier alpha value is -2.17. The molecule has 1 N–H and O–H groups in total. The van der Waals surface area contributed by atoms with Crippen LogP contribution in [-0.2, 0) is 27.3 Å². The summed E-state index contributed by atoms with van der Waals surface area (Å²) in [5, 5.41) is 11.1. The molecule has 4 nitrogen and oxygen atoms in total. The molecular formula is C26H36O4. The summed E-state index contributed by atoms with van der Waals surface area (Å²) in [6.07, 6.45) is -1.58. The third kappa shape index (κ3) is 7.26.